The van der Waals surface area contributed by atoms with Gasteiger partial charge in [0.25, 0.3) is 5.91 Å². The number of carbonyl (C=O) groups excluding carboxylic acids is 1. The van der Waals surface area contributed by atoms with Gasteiger partial charge in [-0.3, -0.25) is 4.79 Å². The molecule has 0 fully saturated rings. The Morgan fingerprint density at radius 2 is 1.76 bits per heavy atom. The quantitative estimate of drug-likeness (QED) is 0.825. The van der Waals surface area contributed by atoms with Crippen molar-refractivity contribution < 1.29 is 13.2 Å². The van der Waals surface area contributed by atoms with Crippen LogP contribution in [0.3, 0.4) is 0 Å². The number of benzene rings is 2. The normalized spacial score (nSPS) is 14.5. The van der Waals surface area contributed by atoms with Gasteiger partial charge in [-0.25, -0.2) is 12.7 Å². The number of hydrogen-bond donors (Lipinski definition) is 0. The second-order valence-corrected chi connectivity index (χ2v) is 8.79. The van der Waals surface area contributed by atoms with E-state index in [9.17, 15) is 13.2 Å². The van der Waals surface area contributed by atoms with Gasteiger partial charge in [0.05, 0.1) is 4.90 Å². The van der Waals surface area contributed by atoms with E-state index in [4.69, 9.17) is 11.6 Å². The van der Waals surface area contributed by atoms with Gasteiger partial charge in [0.15, 0.2) is 0 Å². The molecule has 132 valence electrons. The summed E-state index contributed by atoms with van der Waals surface area (Å²) in [6.45, 7) is 1.00. The zero-order chi connectivity index (χ0) is 18.2. The Hall–Kier alpha value is -1.89. The summed E-state index contributed by atoms with van der Waals surface area (Å²) in [5.41, 5.74) is 2.53. The predicted octanol–water partition coefficient (Wildman–Crippen LogP) is 2.79. The Morgan fingerprint density at radius 3 is 2.40 bits per heavy atom. The molecule has 0 bridgehead atoms. The molecule has 25 heavy (non-hydrogen) atoms. The minimum absolute atomic E-state index is 0.0804. The van der Waals surface area contributed by atoms with E-state index in [2.05, 4.69) is 0 Å². The predicted molar refractivity (Wildman–Crippen MR) is 97.2 cm³/mol. The molecule has 0 aromatic heterocycles. The molecule has 2 aromatic carbocycles. The van der Waals surface area contributed by atoms with Crippen LogP contribution >= 0.6 is 11.6 Å². The van der Waals surface area contributed by atoms with Crippen molar-refractivity contribution >= 4 is 27.5 Å². The summed E-state index contributed by atoms with van der Waals surface area (Å²) in [6.07, 6.45) is 0.705. The summed E-state index contributed by atoms with van der Waals surface area (Å²) in [5, 5.41) is 0.582. The number of rotatable bonds is 3. The molecular weight excluding hydrogens is 360 g/mol. The van der Waals surface area contributed by atoms with Crippen molar-refractivity contribution in [2.24, 2.45) is 0 Å². The summed E-state index contributed by atoms with van der Waals surface area (Å²) in [6, 6.07) is 11.9. The van der Waals surface area contributed by atoms with Crippen molar-refractivity contribution in [1.82, 2.24) is 9.21 Å². The van der Waals surface area contributed by atoms with Crippen LogP contribution in [0.1, 0.15) is 21.5 Å². The Labute approximate surface area is 152 Å². The molecule has 2 aromatic rings. The third-order valence-electron chi connectivity index (χ3n) is 4.35. The molecular formula is C18H19ClN2O3S. The third kappa shape index (κ3) is 3.56. The van der Waals surface area contributed by atoms with E-state index in [1.165, 1.54) is 18.4 Å². The van der Waals surface area contributed by atoms with E-state index in [0.29, 0.717) is 30.1 Å². The molecule has 0 radical (unpaired) electrons. The maximum absolute atomic E-state index is 12.7. The van der Waals surface area contributed by atoms with Crippen LogP contribution in [0.15, 0.2) is 47.4 Å². The van der Waals surface area contributed by atoms with Gasteiger partial charge in [0.1, 0.15) is 0 Å². The zero-order valence-corrected chi connectivity index (χ0v) is 15.6. The van der Waals surface area contributed by atoms with Crippen molar-refractivity contribution in [3.63, 3.8) is 0 Å². The average molecular weight is 379 g/mol. The fourth-order valence-electron chi connectivity index (χ4n) is 2.85. The summed E-state index contributed by atoms with van der Waals surface area (Å²) in [7, 11) is -0.480. The maximum Gasteiger partial charge on any atom is 0.254 e. The van der Waals surface area contributed by atoms with Crippen molar-refractivity contribution in [3.8, 4) is 0 Å². The van der Waals surface area contributed by atoms with Gasteiger partial charge < -0.3 is 4.90 Å². The van der Waals surface area contributed by atoms with Gasteiger partial charge in [-0.05, 0) is 53.9 Å². The molecule has 1 heterocycles. The lowest BCUT2D eigenvalue weighted by atomic mass is 9.99. The van der Waals surface area contributed by atoms with E-state index >= 15 is 0 Å². The maximum atomic E-state index is 12.7. The van der Waals surface area contributed by atoms with Crippen LogP contribution in [-0.2, 0) is 23.0 Å². The summed E-state index contributed by atoms with van der Waals surface area (Å²) < 4.78 is 25.8. The highest BCUT2D eigenvalue weighted by molar-refractivity contribution is 7.89. The van der Waals surface area contributed by atoms with E-state index < -0.39 is 10.0 Å². The second kappa shape index (κ2) is 6.78. The SMILES string of the molecule is CN(C)S(=O)(=O)c1ccc2c(c1)CN(C(=O)c1ccc(Cl)cc1)CC2. The monoisotopic (exact) mass is 378 g/mol. The molecule has 0 unspecified atom stereocenters. The lowest BCUT2D eigenvalue weighted by Gasteiger charge is -2.29. The molecule has 0 saturated heterocycles. The first kappa shape index (κ1) is 17.9. The fraction of sp³-hybridized carbons (Fsp3) is 0.278. The molecule has 0 atom stereocenters. The summed E-state index contributed by atoms with van der Waals surface area (Å²) in [4.78, 5) is 14.6. The average Bonchev–Trinajstić information content (AvgIpc) is 2.60. The lowest BCUT2D eigenvalue weighted by Crippen LogP contribution is -2.36. The Bertz CT molecular complexity index is 908. The van der Waals surface area contributed by atoms with Crippen molar-refractivity contribution in [2.45, 2.75) is 17.9 Å². The van der Waals surface area contributed by atoms with Gasteiger partial charge in [0.2, 0.25) is 10.0 Å². The highest BCUT2D eigenvalue weighted by atomic mass is 35.5. The van der Waals surface area contributed by atoms with E-state index in [1.807, 2.05) is 6.07 Å². The van der Waals surface area contributed by atoms with Gasteiger partial charge >= 0.3 is 0 Å². The summed E-state index contributed by atoms with van der Waals surface area (Å²) >= 11 is 5.87. The zero-order valence-electron chi connectivity index (χ0n) is 14.1. The van der Waals surface area contributed by atoms with E-state index in [0.717, 1.165) is 11.1 Å². The van der Waals surface area contributed by atoms with Crippen molar-refractivity contribution in [2.75, 3.05) is 20.6 Å². The molecule has 7 heteroatoms. The number of halogens is 1. The first-order chi connectivity index (χ1) is 11.8. The Balaban J connectivity index is 1.87. The van der Waals surface area contributed by atoms with Crippen LogP contribution in [0.25, 0.3) is 0 Å². The molecule has 0 aliphatic carbocycles. The standard InChI is InChI=1S/C18H19ClN2O3S/c1-20(2)25(23,24)17-8-5-13-9-10-21(12-15(13)11-17)18(22)14-3-6-16(19)7-4-14/h3-8,11H,9-10,12H2,1-2H3. The van der Waals surface area contributed by atoms with Gasteiger partial charge in [-0.1, -0.05) is 17.7 Å². The molecule has 3 rings (SSSR count). The van der Waals surface area contributed by atoms with Crippen LogP contribution < -0.4 is 0 Å². The fourth-order valence-corrected chi connectivity index (χ4v) is 3.93. The highest BCUT2D eigenvalue weighted by Crippen LogP contribution is 2.25. The third-order valence-corrected chi connectivity index (χ3v) is 6.41. The smallest absolute Gasteiger partial charge is 0.254 e. The molecule has 1 amide bonds. The van der Waals surface area contributed by atoms with Gasteiger partial charge in [-0.15, -0.1) is 0 Å². The number of fused-ring (bicyclic) bond motifs is 1. The highest BCUT2D eigenvalue weighted by Gasteiger charge is 2.24. The largest absolute Gasteiger partial charge is 0.334 e. The van der Waals surface area contributed by atoms with Crippen molar-refractivity contribution in [3.05, 3.63) is 64.2 Å². The Morgan fingerprint density at radius 1 is 1.08 bits per heavy atom. The first-order valence-corrected chi connectivity index (χ1v) is 9.70. The molecule has 1 aliphatic heterocycles. The number of carbonyl (C=O) groups is 1. The van der Waals surface area contributed by atoms with Gasteiger partial charge in [-0.2, -0.15) is 0 Å². The van der Waals surface area contributed by atoms with E-state index in [1.54, 1.807) is 41.3 Å². The lowest BCUT2D eigenvalue weighted by molar-refractivity contribution is 0.0734. The van der Waals surface area contributed by atoms with Crippen LogP contribution in [0, 0.1) is 0 Å². The first-order valence-electron chi connectivity index (χ1n) is 7.88. The molecule has 5 nitrogen and oxygen atoms in total. The minimum atomic E-state index is -3.49. The molecule has 0 N–H and O–H groups in total. The summed E-state index contributed by atoms with van der Waals surface area (Å²) in [5.74, 6) is -0.0804. The number of sulfonamides is 1. The van der Waals surface area contributed by atoms with Crippen LogP contribution in [-0.4, -0.2) is 44.2 Å². The topological polar surface area (TPSA) is 57.7 Å². The molecule has 0 spiro atoms. The number of amides is 1. The minimum Gasteiger partial charge on any atom is -0.334 e. The van der Waals surface area contributed by atoms with E-state index in [-0.39, 0.29) is 10.8 Å². The molecule has 0 saturated carbocycles. The Kier molecular flexibility index (Phi) is 4.86. The van der Waals surface area contributed by atoms with Gasteiger partial charge in [0, 0.05) is 37.8 Å². The van der Waals surface area contributed by atoms with Crippen molar-refractivity contribution in [1.29, 1.82) is 0 Å². The molecule has 1 aliphatic rings. The van der Waals surface area contributed by atoms with Crippen LogP contribution in [0.2, 0.25) is 5.02 Å². The van der Waals surface area contributed by atoms with Crippen LogP contribution in [0.4, 0.5) is 0 Å². The van der Waals surface area contributed by atoms with Crippen LogP contribution in [0.5, 0.6) is 0 Å². The second-order valence-electron chi connectivity index (χ2n) is 6.20. The number of hydrogen-bond acceptors (Lipinski definition) is 3. The number of nitrogens with zero attached hydrogens (tertiary/aromatic N) is 2.